The van der Waals surface area contributed by atoms with Gasteiger partial charge in [0.05, 0.1) is 15.7 Å². The maximum atomic E-state index is 6.36. The summed E-state index contributed by atoms with van der Waals surface area (Å²) in [6.07, 6.45) is 7.25. The molecule has 1 aromatic carbocycles. The van der Waals surface area contributed by atoms with Gasteiger partial charge in [-0.2, -0.15) is 4.68 Å². The van der Waals surface area contributed by atoms with E-state index in [1.165, 1.54) is 25.7 Å². The zero-order chi connectivity index (χ0) is 20.5. The zero-order valence-corrected chi connectivity index (χ0v) is 18.0. The number of tetrazole rings is 1. The molecule has 4 heterocycles. The molecule has 156 valence electrons. The summed E-state index contributed by atoms with van der Waals surface area (Å²) < 4.78 is 1.57. The minimum atomic E-state index is 0.414. The van der Waals surface area contributed by atoms with Gasteiger partial charge in [0.2, 0.25) is 5.95 Å². The number of hydrogen-bond donors (Lipinski definition) is 1. The lowest BCUT2D eigenvalue weighted by atomic mass is 9.84. The van der Waals surface area contributed by atoms with E-state index < -0.39 is 0 Å². The number of pyridine rings is 1. The predicted molar refractivity (Wildman–Crippen MR) is 118 cm³/mol. The van der Waals surface area contributed by atoms with Crippen LogP contribution in [-0.2, 0) is 6.54 Å². The topological polar surface area (TPSA) is 71.8 Å². The summed E-state index contributed by atoms with van der Waals surface area (Å²) in [4.78, 5) is 7.21. The first-order valence-electron chi connectivity index (χ1n) is 10.3. The number of fused-ring (bicyclic) bond motifs is 4. The van der Waals surface area contributed by atoms with E-state index in [0.717, 1.165) is 36.3 Å². The fraction of sp³-hybridized carbons (Fsp3) is 0.429. The smallest absolute Gasteiger partial charge is 0.248 e. The van der Waals surface area contributed by atoms with E-state index in [1.54, 1.807) is 10.7 Å². The van der Waals surface area contributed by atoms with E-state index in [9.17, 15) is 0 Å². The normalized spacial score (nSPS) is 20.9. The number of rotatable bonds is 5. The van der Waals surface area contributed by atoms with Gasteiger partial charge in [-0.15, -0.1) is 0 Å². The number of anilines is 2. The van der Waals surface area contributed by atoms with Crippen LogP contribution < -0.4 is 10.2 Å². The van der Waals surface area contributed by atoms with Crippen molar-refractivity contribution in [3.63, 3.8) is 0 Å². The number of hydrogen-bond acceptors (Lipinski definition) is 6. The number of benzene rings is 1. The van der Waals surface area contributed by atoms with Crippen molar-refractivity contribution in [1.29, 1.82) is 0 Å². The second kappa shape index (κ2) is 8.40. The SMILES string of the molecule is Clc1cccc(-n2nnnc2NCc2cccnc2N2CC3CCC(CC3)C2)c1Cl. The van der Waals surface area contributed by atoms with Crippen molar-refractivity contribution in [2.24, 2.45) is 11.8 Å². The maximum Gasteiger partial charge on any atom is 0.248 e. The molecule has 2 aliphatic heterocycles. The molecule has 2 bridgehead atoms. The minimum absolute atomic E-state index is 0.414. The van der Waals surface area contributed by atoms with Crippen molar-refractivity contribution in [1.82, 2.24) is 25.2 Å². The Kier molecular flexibility index (Phi) is 5.48. The predicted octanol–water partition coefficient (Wildman–Crippen LogP) is 4.60. The summed E-state index contributed by atoms with van der Waals surface area (Å²) in [7, 11) is 0. The molecule has 0 atom stereocenters. The summed E-state index contributed by atoms with van der Waals surface area (Å²) in [5.41, 5.74) is 1.76. The molecule has 3 aromatic rings. The van der Waals surface area contributed by atoms with Crippen LogP contribution in [0, 0.1) is 11.8 Å². The molecule has 1 aliphatic carbocycles. The average molecular weight is 444 g/mol. The molecule has 3 aliphatic rings. The Bertz CT molecular complexity index is 1020. The summed E-state index contributed by atoms with van der Waals surface area (Å²) in [6, 6.07) is 9.48. The van der Waals surface area contributed by atoms with Gasteiger partial charge in [0.15, 0.2) is 0 Å². The third-order valence-electron chi connectivity index (χ3n) is 6.16. The minimum Gasteiger partial charge on any atom is -0.356 e. The van der Waals surface area contributed by atoms with Gasteiger partial charge in [-0.05, 0) is 66.1 Å². The standard InChI is InChI=1S/C21H23Cl2N7/c22-17-4-1-5-18(19(17)23)30-21(26-27-28-30)25-11-16-3-2-10-24-20(16)29-12-14-6-7-15(13-29)9-8-14/h1-5,10,14-15H,6-9,11-13H2,(H,25,26,28). The third-order valence-corrected chi connectivity index (χ3v) is 6.97. The summed E-state index contributed by atoms with van der Waals surface area (Å²) >= 11 is 12.5. The van der Waals surface area contributed by atoms with E-state index in [-0.39, 0.29) is 0 Å². The molecule has 0 spiro atoms. The van der Waals surface area contributed by atoms with E-state index >= 15 is 0 Å². The van der Waals surface area contributed by atoms with Crippen LogP contribution in [0.25, 0.3) is 5.69 Å². The van der Waals surface area contributed by atoms with Crippen LogP contribution in [0.5, 0.6) is 0 Å². The van der Waals surface area contributed by atoms with Crippen molar-refractivity contribution in [2.45, 2.75) is 32.2 Å². The monoisotopic (exact) mass is 443 g/mol. The van der Waals surface area contributed by atoms with Crippen molar-refractivity contribution in [2.75, 3.05) is 23.3 Å². The Labute approximate surface area is 185 Å². The molecule has 6 rings (SSSR count). The Balaban J connectivity index is 1.38. The lowest BCUT2D eigenvalue weighted by Crippen LogP contribution is -2.30. The molecule has 0 radical (unpaired) electrons. The second-order valence-corrected chi connectivity index (χ2v) is 8.90. The molecule has 7 nitrogen and oxygen atoms in total. The highest BCUT2D eigenvalue weighted by molar-refractivity contribution is 6.43. The Morgan fingerprint density at radius 3 is 2.53 bits per heavy atom. The number of halogens is 2. The van der Waals surface area contributed by atoms with Crippen LogP contribution in [0.3, 0.4) is 0 Å². The van der Waals surface area contributed by atoms with Crippen molar-refractivity contribution in [3.05, 3.63) is 52.1 Å². The summed E-state index contributed by atoms with van der Waals surface area (Å²) in [5, 5.41) is 16.2. The van der Waals surface area contributed by atoms with Crippen molar-refractivity contribution < 1.29 is 0 Å². The molecule has 2 aromatic heterocycles. The lowest BCUT2D eigenvalue weighted by molar-refractivity contribution is 0.326. The molecule has 0 unspecified atom stereocenters. The Hall–Kier alpha value is -2.38. The van der Waals surface area contributed by atoms with E-state index in [2.05, 4.69) is 31.8 Å². The van der Waals surface area contributed by atoms with Crippen LogP contribution in [0.4, 0.5) is 11.8 Å². The van der Waals surface area contributed by atoms with Crippen LogP contribution in [-0.4, -0.2) is 38.3 Å². The van der Waals surface area contributed by atoms with Crippen LogP contribution >= 0.6 is 23.2 Å². The molecule has 1 N–H and O–H groups in total. The largest absolute Gasteiger partial charge is 0.356 e. The highest BCUT2D eigenvalue weighted by Crippen LogP contribution is 2.36. The maximum absolute atomic E-state index is 6.36. The van der Waals surface area contributed by atoms with E-state index in [4.69, 9.17) is 28.2 Å². The quantitative estimate of drug-likeness (QED) is 0.620. The van der Waals surface area contributed by atoms with E-state index in [0.29, 0.717) is 28.2 Å². The lowest BCUT2D eigenvalue weighted by Gasteiger charge is -2.26. The fourth-order valence-electron chi connectivity index (χ4n) is 4.61. The molecule has 3 fully saturated rings. The van der Waals surface area contributed by atoms with Gasteiger partial charge in [0, 0.05) is 31.4 Å². The van der Waals surface area contributed by atoms with Crippen LogP contribution in [0.15, 0.2) is 36.5 Å². The molecule has 0 amide bonds. The van der Waals surface area contributed by atoms with E-state index in [1.807, 2.05) is 24.4 Å². The van der Waals surface area contributed by atoms with Crippen molar-refractivity contribution in [3.8, 4) is 5.69 Å². The van der Waals surface area contributed by atoms with Crippen LogP contribution in [0.2, 0.25) is 10.0 Å². The zero-order valence-electron chi connectivity index (χ0n) is 16.5. The van der Waals surface area contributed by atoms with Gasteiger partial charge in [0.1, 0.15) is 5.82 Å². The van der Waals surface area contributed by atoms with Gasteiger partial charge in [-0.1, -0.05) is 40.4 Å². The molecule has 9 heteroatoms. The molecule has 1 saturated carbocycles. The number of aromatic nitrogens is 5. The van der Waals surface area contributed by atoms with Crippen molar-refractivity contribution >= 4 is 35.0 Å². The molecule has 30 heavy (non-hydrogen) atoms. The van der Waals surface area contributed by atoms with Gasteiger partial charge in [0.25, 0.3) is 0 Å². The summed E-state index contributed by atoms with van der Waals surface area (Å²) in [5.74, 6) is 3.13. The second-order valence-electron chi connectivity index (χ2n) is 8.12. The number of nitrogens with zero attached hydrogens (tertiary/aromatic N) is 6. The first kappa shape index (κ1) is 19.6. The highest BCUT2D eigenvalue weighted by Gasteiger charge is 2.30. The van der Waals surface area contributed by atoms with Gasteiger partial charge < -0.3 is 10.2 Å². The fourth-order valence-corrected chi connectivity index (χ4v) is 4.99. The molecular weight excluding hydrogens is 421 g/mol. The van der Waals surface area contributed by atoms with Crippen LogP contribution in [0.1, 0.15) is 31.2 Å². The molecular formula is C21H23Cl2N7. The first-order valence-corrected chi connectivity index (χ1v) is 11.1. The van der Waals surface area contributed by atoms with Gasteiger partial charge in [-0.3, -0.25) is 0 Å². The third kappa shape index (κ3) is 3.84. The van der Waals surface area contributed by atoms with Gasteiger partial charge >= 0.3 is 0 Å². The first-order chi connectivity index (χ1) is 14.7. The average Bonchev–Trinajstić information content (AvgIpc) is 3.02. The molecule has 2 saturated heterocycles. The Morgan fingerprint density at radius 1 is 1.00 bits per heavy atom. The summed E-state index contributed by atoms with van der Waals surface area (Å²) in [6.45, 7) is 2.75. The number of nitrogens with one attached hydrogen (secondary N) is 1. The Morgan fingerprint density at radius 2 is 1.77 bits per heavy atom. The highest BCUT2D eigenvalue weighted by atomic mass is 35.5. The van der Waals surface area contributed by atoms with Gasteiger partial charge in [-0.25, -0.2) is 4.98 Å².